The Balaban J connectivity index is 2.12. The van der Waals surface area contributed by atoms with E-state index in [9.17, 15) is 22.8 Å². The van der Waals surface area contributed by atoms with Crippen molar-refractivity contribution in [3.05, 3.63) is 29.8 Å². The molecule has 7 heteroatoms. The minimum atomic E-state index is -4.46. The smallest absolute Gasteiger partial charge is 0.347 e. The van der Waals surface area contributed by atoms with Crippen LogP contribution in [-0.2, 0) is 9.59 Å². The normalized spacial score (nSPS) is 19.5. The van der Waals surface area contributed by atoms with Gasteiger partial charge in [0.15, 0.2) is 0 Å². The first-order valence-corrected chi connectivity index (χ1v) is 7.96. The molecule has 1 heterocycles. The Kier molecular flexibility index (Phi) is 5.51. The zero-order valence-electron chi connectivity index (χ0n) is 13.7. The molecule has 0 spiro atoms. The van der Waals surface area contributed by atoms with Crippen LogP contribution < -0.4 is 10.2 Å². The highest BCUT2D eigenvalue weighted by atomic mass is 19.4. The number of para-hydroxylation sites is 1. The lowest BCUT2D eigenvalue weighted by Crippen LogP contribution is -2.38. The number of halogens is 3. The molecule has 1 aliphatic heterocycles. The number of nitrogens with zero attached hydrogens (tertiary/aromatic N) is 1. The zero-order chi connectivity index (χ0) is 17.9. The molecule has 2 rings (SSSR count). The molecule has 0 radical (unpaired) electrons. The first-order chi connectivity index (χ1) is 11.2. The van der Waals surface area contributed by atoms with Crippen molar-refractivity contribution in [1.29, 1.82) is 0 Å². The van der Waals surface area contributed by atoms with Crippen molar-refractivity contribution < 1.29 is 22.8 Å². The molecule has 2 atom stereocenters. The average Bonchev–Trinajstić information content (AvgIpc) is 2.93. The number of hydrogen-bond donors (Lipinski definition) is 1. The highest BCUT2D eigenvalue weighted by molar-refractivity contribution is 6.00. The van der Waals surface area contributed by atoms with Crippen LogP contribution in [0.3, 0.4) is 0 Å². The van der Waals surface area contributed by atoms with Crippen LogP contribution in [-0.4, -0.2) is 31.1 Å². The van der Waals surface area contributed by atoms with Gasteiger partial charge >= 0.3 is 6.18 Å². The van der Waals surface area contributed by atoms with Gasteiger partial charge in [0.05, 0.1) is 5.92 Å². The molecule has 4 nitrogen and oxygen atoms in total. The topological polar surface area (TPSA) is 49.4 Å². The third-order valence-electron chi connectivity index (χ3n) is 4.33. The van der Waals surface area contributed by atoms with E-state index in [4.69, 9.17) is 0 Å². The summed E-state index contributed by atoms with van der Waals surface area (Å²) in [5, 5.41) is 1.86. The summed E-state index contributed by atoms with van der Waals surface area (Å²) in [5.74, 6) is -1.49. The number of alkyl halides is 3. The van der Waals surface area contributed by atoms with E-state index in [1.54, 1.807) is 0 Å². The molecule has 1 aliphatic rings. The lowest BCUT2D eigenvalue weighted by atomic mass is 9.96. The van der Waals surface area contributed by atoms with Gasteiger partial charge in [-0.15, -0.1) is 0 Å². The van der Waals surface area contributed by atoms with Gasteiger partial charge in [-0.2, -0.15) is 13.2 Å². The molecule has 24 heavy (non-hydrogen) atoms. The van der Waals surface area contributed by atoms with Crippen LogP contribution >= 0.6 is 0 Å². The molecule has 2 unspecified atom stereocenters. The second-order valence-electron chi connectivity index (χ2n) is 6.11. The van der Waals surface area contributed by atoms with Gasteiger partial charge < -0.3 is 10.2 Å². The number of carbonyl (C=O) groups is 2. The molecule has 1 fully saturated rings. The Morgan fingerprint density at radius 3 is 2.67 bits per heavy atom. The first kappa shape index (κ1) is 18.3. The summed E-state index contributed by atoms with van der Waals surface area (Å²) in [4.78, 5) is 25.7. The Hall–Kier alpha value is -2.05. The fraction of sp³-hybridized carbons (Fsp3) is 0.529. The van der Waals surface area contributed by atoms with Gasteiger partial charge in [0.25, 0.3) is 0 Å². The molecule has 1 saturated heterocycles. The van der Waals surface area contributed by atoms with Gasteiger partial charge in [0.1, 0.15) is 6.54 Å². The summed E-state index contributed by atoms with van der Waals surface area (Å²) in [7, 11) is 0. The molecule has 0 aromatic heterocycles. The number of benzene rings is 1. The van der Waals surface area contributed by atoms with Crippen molar-refractivity contribution in [2.75, 3.05) is 18.0 Å². The molecule has 2 amide bonds. The van der Waals surface area contributed by atoms with Crippen LogP contribution in [0.5, 0.6) is 0 Å². The minimum Gasteiger partial charge on any atom is -0.347 e. The summed E-state index contributed by atoms with van der Waals surface area (Å²) in [6, 6.07) is 7.45. The fourth-order valence-corrected chi connectivity index (χ4v) is 2.82. The van der Waals surface area contributed by atoms with Gasteiger partial charge in [0.2, 0.25) is 11.8 Å². The number of amides is 2. The maximum atomic E-state index is 12.3. The maximum Gasteiger partial charge on any atom is 0.405 e. The summed E-state index contributed by atoms with van der Waals surface area (Å²) in [6.45, 7) is 2.82. The number of rotatable bonds is 5. The van der Waals surface area contributed by atoms with Crippen molar-refractivity contribution in [3.8, 4) is 0 Å². The van der Waals surface area contributed by atoms with Crippen LogP contribution in [0.4, 0.5) is 18.9 Å². The van der Waals surface area contributed by atoms with Crippen molar-refractivity contribution >= 4 is 17.5 Å². The quantitative estimate of drug-likeness (QED) is 0.893. The Morgan fingerprint density at radius 2 is 2.04 bits per heavy atom. The first-order valence-electron chi connectivity index (χ1n) is 7.96. The Bertz CT molecular complexity index is 616. The number of carbonyl (C=O) groups excluding carboxylic acids is 2. The van der Waals surface area contributed by atoms with Crippen LogP contribution in [0.1, 0.15) is 38.2 Å². The molecule has 1 aromatic carbocycles. The highest BCUT2D eigenvalue weighted by Gasteiger charge is 2.37. The molecule has 0 aliphatic carbocycles. The lowest BCUT2D eigenvalue weighted by Gasteiger charge is -2.23. The minimum absolute atomic E-state index is 0.0709. The van der Waals surface area contributed by atoms with Gasteiger partial charge in [-0.05, 0) is 24.0 Å². The molecule has 1 N–H and O–H groups in total. The summed E-state index contributed by atoms with van der Waals surface area (Å²) in [5.41, 5.74) is 1.74. The standard InChI is InChI=1S/C17H21F3N2O2/c1-3-11(2)13-6-4-5-7-14(13)22-9-12(8-15(22)23)16(24)21-10-17(18,19)20/h4-7,11-12H,3,8-10H2,1-2H3,(H,21,24). The van der Waals surface area contributed by atoms with Crippen LogP contribution in [0.2, 0.25) is 0 Å². The number of nitrogens with one attached hydrogen (secondary N) is 1. The number of hydrogen-bond acceptors (Lipinski definition) is 2. The van der Waals surface area contributed by atoms with Crippen molar-refractivity contribution in [1.82, 2.24) is 5.32 Å². The van der Waals surface area contributed by atoms with Gasteiger partial charge in [-0.25, -0.2) is 0 Å². The van der Waals surface area contributed by atoms with Crippen molar-refractivity contribution in [2.45, 2.75) is 38.8 Å². The van der Waals surface area contributed by atoms with Crippen molar-refractivity contribution in [3.63, 3.8) is 0 Å². The third-order valence-corrected chi connectivity index (χ3v) is 4.33. The van der Waals surface area contributed by atoms with E-state index >= 15 is 0 Å². The molecule has 0 saturated carbocycles. The lowest BCUT2D eigenvalue weighted by molar-refractivity contribution is -0.140. The van der Waals surface area contributed by atoms with E-state index in [1.165, 1.54) is 4.90 Å². The zero-order valence-corrected chi connectivity index (χ0v) is 13.7. The van der Waals surface area contributed by atoms with Crippen molar-refractivity contribution in [2.24, 2.45) is 5.92 Å². The molecular weight excluding hydrogens is 321 g/mol. The molecule has 0 bridgehead atoms. The SMILES string of the molecule is CCC(C)c1ccccc1N1CC(C(=O)NCC(F)(F)F)CC1=O. The van der Waals surface area contributed by atoms with Gasteiger partial charge in [-0.3, -0.25) is 9.59 Å². The summed E-state index contributed by atoms with van der Waals surface area (Å²) < 4.78 is 36.6. The van der Waals surface area contributed by atoms with Crippen LogP contribution in [0.15, 0.2) is 24.3 Å². The van der Waals surface area contributed by atoms with E-state index in [2.05, 4.69) is 0 Å². The monoisotopic (exact) mass is 342 g/mol. The van der Waals surface area contributed by atoms with E-state index < -0.39 is 24.5 Å². The molecule has 1 aromatic rings. The second-order valence-corrected chi connectivity index (χ2v) is 6.11. The molecule has 132 valence electrons. The number of anilines is 1. The Morgan fingerprint density at radius 1 is 1.38 bits per heavy atom. The predicted octanol–water partition coefficient (Wildman–Crippen LogP) is 3.23. The summed E-state index contributed by atoms with van der Waals surface area (Å²) in [6.07, 6.45) is -3.63. The average molecular weight is 342 g/mol. The molecular formula is C17H21F3N2O2. The Labute approximate surface area is 139 Å². The third kappa shape index (κ3) is 4.27. The van der Waals surface area contributed by atoms with Gasteiger partial charge in [0, 0.05) is 18.7 Å². The van der Waals surface area contributed by atoms with E-state index in [1.807, 2.05) is 43.4 Å². The van der Waals surface area contributed by atoms with Crippen LogP contribution in [0.25, 0.3) is 0 Å². The van der Waals surface area contributed by atoms with Crippen LogP contribution in [0, 0.1) is 5.92 Å². The van der Waals surface area contributed by atoms with E-state index in [0.29, 0.717) is 0 Å². The summed E-state index contributed by atoms with van der Waals surface area (Å²) >= 11 is 0. The van der Waals surface area contributed by atoms with E-state index in [-0.39, 0.29) is 24.8 Å². The second kappa shape index (κ2) is 7.23. The predicted molar refractivity (Wildman–Crippen MR) is 84.7 cm³/mol. The maximum absolute atomic E-state index is 12.3. The largest absolute Gasteiger partial charge is 0.405 e. The highest BCUT2D eigenvalue weighted by Crippen LogP contribution is 2.33. The van der Waals surface area contributed by atoms with Gasteiger partial charge in [-0.1, -0.05) is 32.0 Å². The van der Waals surface area contributed by atoms with E-state index in [0.717, 1.165) is 17.7 Å². The fourth-order valence-electron chi connectivity index (χ4n) is 2.82.